The van der Waals surface area contributed by atoms with Crippen LogP contribution in [0, 0.1) is 17.3 Å². The smallest absolute Gasteiger partial charge is 0.222 e. The highest BCUT2D eigenvalue weighted by molar-refractivity contribution is 9.10. The van der Waals surface area contributed by atoms with Gasteiger partial charge in [-0.25, -0.2) is 0 Å². The number of carbonyl (C=O) groups is 1. The number of rotatable bonds is 5. The minimum absolute atomic E-state index is 0.305. The standard InChI is InChI=1S/C20H30BrNOS/c1-15(14-24-18-8-6-17(21)7-9-18)13-22-12-11-16(20(2,3)4)5-10-19(22)23/h6-9,15-16H,5,10-14H2,1-4H3/t15-,16-/m1/s1. The molecular formula is C20H30BrNOS. The van der Waals surface area contributed by atoms with Crippen LogP contribution in [0.1, 0.15) is 47.0 Å². The van der Waals surface area contributed by atoms with Gasteiger partial charge in [0.1, 0.15) is 0 Å². The lowest BCUT2D eigenvalue weighted by atomic mass is 9.77. The molecule has 0 saturated carbocycles. The fourth-order valence-corrected chi connectivity index (χ4v) is 4.47. The van der Waals surface area contributed by atoms with E-state index in [-0.39, 0.29) is 0 Å². The summed E-state index contributed by atoms with van der Waals surface area (Å²) < 4.78 is 1.11. The Morgan fingerprint density at radius 2 is 1.92 bits per heavy atom. The number of amides is 1. The van der Waals surface area contributed by atoms with Gasteiger partial charge in [-0.2, -0.15) is 0 Å². The van der Waals surface area contributed by atoms with Gasteiger partial charge < -0.3 is 4.90 Å². The maximum atomic E-state index is 12.4. The van der Waals surface area contributed by atoms with E-state index >= 15 is 0 Å². The SMILES string of the molecule is C[C@@H](CSc1ccc(Br)cc1)CN1CC[C@H](C(C)(C)C)CCC1=O. The Labute approximate surface area is 159 Å². The first kappa shape index (κ1) is 19.8. The summed E-state index contributed by atoms with van der Waals surface area (Å²) in [5, 5.41) is 0. The van der Waals surface area contributed by atoms with Gasteiger partial charge in [0.15, 0.2) is 0 Å². The van der Waals surface area contributed by atoms with Gasteiger partial charge in [0.2, 0.25) is 5.91 Å². The van der Waals surface area contributed by atoms with Gasteiger partial charge >= 0.3 is 0 Å². The molecule has 0 spiro atoms. The first-order valence-electron chi connectivity index (χ1n) is 8.92. The molecule has 0 aromatic heterocycles. The van der Waals surface area contributed by atoms with Gasteiger partial charge in [-0.3, -0.25) is 4.79 Å². The third kappa shape index (κ3) is 6.11. The molecule has 24 heavy (non-hydrogen) atoms. The van der Waals surface area contributed by atoms with Gasteiger partial charge in [0, 0.05) is 34.6 Å². The molecule has 2 atom stereocenters. The second kappa shape index (κ2) is 8.75. The van der Waals surface area contributed by atoms with Crippen molar-refractivity contribution in [3.8, 4) is 0 Å². The monoisotopic (exact) mass is 411 g/mol. The highest BCUT2D eigenvalue weighted by Crippen LogP contribution is 2.34. The lowest BCUT2D eigenvalue weighted by Gasteiger charge is -2.30. The van der Waals surface area contributed by atoms with Crippen molar-refractivity contribution in [3.05, 3.63) is 28.7 Å². The van der Waals surface area contributed by atoms with E-state index < -0.39 is 0 Å². The molecule has 0 unspecified atom stereocenters. The summed E-state index contributed by atoms with van der Waals surface area (Å²) in [6.07, 6.45) is 2.90. The van der Waals surface area contributed by atoms with E-state index in [1.807, 2.05) is 11.8 Å². The minimum Gasteiger partial charge on any atom is -0.342 e. The molecule has 1 fully saturated rings. The maximum absolute atomic E-state index is 12.4. The molecule has 1 aromatic carbocycles. The van der Waals surface area contributed by atoms with Gasteiger partial charge in [-0.1, -0.05) is 43.6 Å². The van der Waals surface area contributed by atoms with Crippen molar-refractivity contribution < 1.29 is 4.79 Å². The number of carbonyl (C=O) groups excluding carboxylic acids is 1. The Morgan fingerprint density at radius 3 is 2.54 bits per heavy atom. The number of likely N-dealkylation sites (tertiary alicyclic amines) is 1. The topological polar surface area (TPSA) is 20.3 Å². The molecule has 1 saturated heterocycles. The van der Waals surface area contributed by atoms with Crippen LogP contribution in [-0.4, -0.2) is 29.6 Å². The quantitative estimate of drug-likeness (QED) is 0.565. The fraction of sp³-hybridized carbons (Fsp3) is 0.650. The molecule has 0 radical (unpaired) electrons. The molecule has 1 amide bonds. The molecule has 0 N–H and O–H groups in total. The van der Waals surface area contributed by atoms with E-state index in [1.54, 1.807) is 0 Å². The molecular weight excluding hydrogens is 382 g/mol. The van der Waals surface area contributed by atoms with Crippen LogP contribution >= 0.6 is 27.7 Å². The molecule has 134 valence electrons. The number of hydrogen-bond donors (Lipinski definition) is 0. The predicted octanol–water partition coefficient (Wildman–Crippen LogP) is 5.85. The molecule has 0 bridgehead atoms. The highest BCUT2D eigenvalue weighted by atomic mass is 79.9. The third-order valence-electron chi connectivity index (χ3n) is 4.91. The molecule has 1 aromatic rings. The lowest BCUT2D eigenvalue weighted by molar-refractivity contribution is -0.131. The van der Waals surface area contributed by atoms with Crippen LogP contribution in [0.2, 0.25) is 0 Å². The van der Waals surface area contributed by atoms with Crippen molar-refractivity contribution >= 4 is 33.6 Å². The van der Waals surface area contributed by atoms with Crippen molar-refractivity contribution in [3.63, 3.8) is 0 Å². The van der Waals surface area contributed by atoms with Crippen LogP contribution in [0.4, 0.5) is 0 Å². The first-order valence-corrected chi connectivity index (χ1v) is 10.7. The summed E-state index contributed by atoms with van der Waals surface area (Å²) in [5.41, 5.74) is 0.305. The highest BCUT2D eigenvalue weighted by Gasteiger charge is 2.30. The first-order chi connectivity index (χ1) is 11.3. The number of thioether (sulfide) groups is 1. The molecule has 0 aliphatic carbocycles. The molecule has 1 aliphatic heterocycles. The Morgan fingerprint density at radius 1 is 1.25 bits per heavy atom. The number of hydrogen-bond acceptors (Lipinski definition) is 2. The Bertz CT molecular complexity index is 538. The van der Waals surface area contributed by atoms with E-state index in [9.17, 15) is 4.79 Å². The summed E-state index contributed by atoms with van der Waals surface area (Å²) in [7, 11) is 0. The fourth-order valence-electron chi connectivity index (χ4n) is 3.29. The molecule has 2 nitrogen and oxygen atoms in total. The number of halogens is 1. The van der Waals surface area contributed by atoms with E-state index in [0.29, 0.717) is 29.6 Å². The Balaban J connectivity index is 1.83. The lowest BCUT2D eigenvalue weighted by Crippen LogP contribution is -2.35. The van der Waals surface area contributed by atoms with Crippen LogP contribution in [0.25, 0.3) is 0 Å². The van der Waals surface area contributed by atoms with Crippen LogP contribution in [0.3, 0.4) is 0 Å². The molecule has 2 rings (SSSR count). The largest absolute Gasteiger partial charge is 0.342 e. The van der Waals surface area contributed by atoms with Crippen LogP contribution < -0.4 is 0 Å². The summed E-state index contributed by atoms with van der Waals surface area (Å²) in [5.74, 6) is 2.56. The van der Waals surface area contributed by atoms with Gasteiger partial charge in [0.25, 0.3) is 0 Å². The van der Waals surface area contributed by atoms with E-state index in [0.717, 1.165) is 36.2 Å². The molecule has 4 heteroatoms. The normalized spacial score (nSPS) is 20.8. The summed E-state index contributed by atoms with van der Waals surface area (Å²) in [4.78, 5) is 15.8. The van der Waals surface area contributed by atoms with Crippen molar-refractivity contribution in [1.82, 2.24) is 4.90 Å². The summed E-state index contributed by atoms with van der Waals surface area (Å²) >= 11 is 5.35. The van der Waals surface area contributed by atoms with Crippen LogP contribution in [0.5, 0.6) is 0 Å². The third-order valence-corrected chi connectivity index (χ3v) is 6.78. The zero-order chi connectivity index (χ0) is 17.7. The van der Waals surface area contributed by atoms with E-state index in [2.05, 4.69) is 72.8 Å². The summed E-state index contributed by atoms with van der Waals surface area (Å²) in [6.45, 7) is 11.0. The molecule has 1 heterocycles. The maximum Gasteiger partial charge on any atom is 0.222 e. The van der Waals surface area contributed by atoms with Gasteiger partial charge in [-0.05, 0) is 54.4 Å². The van der Waals surface area contributed by atoms with E-state index in [1.165, 1.54) is 4.90 Å². The zero-order valence-corrected chi connectivity index (χ0v) is 17.8. The average Bonchev–Trinajstić information content (AvgIpc) is 2.69. The Hall–Kier alpha value is -0.480. The average molecular weight is 412 g/mol. The Kier molecular flexibility index (Phi) is 7.23. The minimum atomic E-state index is 0.305. The zero-order valence-electron chi connectivity index (χ0n) is 15.3. The van der Waals surface area contributed by atoms with Crippen LogP contribution in [0.15, 0.2) is 33.6 Å². The number of nitrogens with zero attached hydrogens (tertiary/aromatic N) is 1. The van der Waals surface area contributed by atoms with Gasteiger partial charge in [-0.15, -0.1) is 11.8 Å². The van der Waals surface area contributed by atoms with Crippen molar-refractivity contribution in [2.24, 2.45) is 17.3 Å². The van der Waals surface area contributed by atoms with Crippen molar-refractivity contribution in [1.29, 1.82) is 0 Å². The summed E-state index contributed by atoms with van der Waals surface area (Å²) in [6, 6.07) is 8.45. The van der Waals surface area contributed by atoms with Crippen molar-refractivity contribution in [2.75, 3.05) is 18.8 Å². The predicted molar refractivity (Wildman–Crippen MR) is 107 cm³/mol. The van der Waals surface area contributed by atoms with Crippen molar-refractivity contribution in [2.45, 2.75) is 51.9 Å². The molecule has 1 aliphatic rings. The second-order valence-corrected chi connectivity index (χ2v) is 10.1. The van der Waals surface area contributed by atoms with Gasteiger partial charge in [0.05, 0.1) is 0 Å². The van der Waals surface area contributed by atoms with E-state index in [4.69, 9.17) is 0 Å². The van der Waals surface area contributed by atoms with Crippen LogP contribution in [-0.2, 0) is 4.79 Å². The second-order valence-electron chi connectivity index (χ2n) is 8.10. The number of benzene rings is 1.